The van der Waals surface area contributed by atoms with Gasteiger partial charge in [-0.3, -0.25) is 4.99 Å². The Balaban J connectivity index is 1.96. The molecule has 0 bridgehead atoms. The highest BCUT2D eigenvalue weighted by Crippen LogP contribution is 2.41. The summed E-state index contributed by atoms with van der Waals surface area (Å²) in [4.78, 5) is 4.27. The highest BCUT2D eigenvalue weighted by molar-refractivity contribution is 6.32. The SMILES string of the molecule is Clc1cccc2c1OC1(CC=NCC1)CC2. The van der Waals surface area contributed by atoms with Crippen molar-refractivity contribution in [2.45, 2.75) is 31.3 Å². The minimum Gasteiger partial charge on any atom is -0.485 e. The van der Waals surface area contributed by atoms with Crippen LogP contribution in [0.1, 0.15) is 24.8 Å². The number of aliphatic imine (C=N–C) groups is 1. The van der Waals surface area contributed by atoms with Gasteiger partial charge in [-0.2, -0.15) is 0 Å². The number of fused-ring (bicyclic) bond motifs is 1. The van der Waals surface area contributed by atoms with Gasteiger partial charge in [-0.05, 0) is 24.5 Å². The summed E-state index contributed by atoms with van der Waals surface area (Å²) in [6.07, 6.45) is 6.05. The van der Waals surface area contributed by atoms with Crippen molar-refractivity contribution in [2.24, 2.45) is 4.99 Å². The Hall–Kier alpha value is -1.02. The number of rotatable bonds is 0. The molecule has 0 radical (unpaired) electrons. The van der Waals surface area contributed by atoms with E-state index < -0.39 is 0 Å². The molecule has 0 fully saturated rings. The number of aryl methyl sites for hydroxylation is 1. The van der Waals surface area contributed by atoms with Crippen molar-refractivity contribution < 1.29 is 4.74 Å². The molecule has 2 heterocycles. The summed E-state index contributed by atoms with van der Waals surface area (Å²) in [5.74, 6) is 0.894. The van der Waals surface area contributed by atoms with Gasteiger partial charge in [0.15, 0.2) is 0 Å². The summed E-state index contributed by atoms with van der Waals surface area (Å²) < 4.78 is 6.17. The van der Waals surface area contributed by atoms with Gasteiger partial charge >= 0.3 is 0 Å². The number of ether oxygens (including phenoxy) is 1. The van der Waals surface area contributed by atoms with E-state index in [1.54, 1.807) is 0 Å². The van der Waals surface area contributed by atoms with Crippen molar-refractivity contribution in [2.75, 3.05) is 6.54 Å². The minimum absolute atomic E-state index is 0.0419. The van der Waals surface area contributed by atoms with Crippen LogP contribution in [0.4, 0.5) is 0 Å². The van der Waals surface area contributed by atoms with E-state index in [0.29, 0.717) is 0 Å². The lowest BCUT2D eigenvalue weighted by Crippen LogP contribution is -2.42. The first-order chi connectivity index (χ1) is 7.79. The molecule has 3 heteroatoms. The van der Waals surface area contributed by atoms with E-state index in [0.717, 1.165) is 43.0 Å². The van der Waals surface area contributed by atoms with Crippen molar-refractivity contribution in [3.8, 4) is 5.75 Å². The monoisotopic (exact) mass is 235 g/mol. The number of benzene rings is 1. The minimum atomic E-state index is -0.0419. The molecule has 3 rings (SSSR count). The van der Waals surface area contributed by atoms with E-state index >= 15 is 0 Å². The van der Waals surface area contributed by atoms with Crippen LogP contribution in [-0.2, 0) is 6.42 Å². The van der Waals surface area contributed by atoms with Crippen LogP contribution >= 0.6 is 11.6 Å². The topological polar surface area (TPSA) is 21.6 Å². The largest absolute Gasteiger partial charge is 0.485 e. The third kappa shape index (κ3) is 1.61. The quantitative estimate of drug-likeness (QED) is 0.676. The fourth-order valence-corrected chi connectivity index (χ4v) is 2.74. The second kappa shape index (κ2) is 3.77. The smallest absolute Gasteiger partial charge is 0.141 e. The van der Waals surface area contributed by atoms with Gasteiger partial charge in [0, 0.05) is 25.6 Å². The molecule has 0 aromatic heterocycles. The molecule has 0 saturated heterocycles. The lowest BCUT2D eigenvalue weighted by Gasteiger charge is -2.39. The molecule has 1 atom stereocenters. The zero-order valence-electron chi connectivity index (χ0n) is 9.08. The molecule has 84 valence electrons. The molecular weight excluding hydrogens is 222 g/mol. The van der Waals surface area contributed by atoms with E-state index in [4.69, 9.17) is 16.3 Å². The Morgan fingerprint density at radius 1 is 1.31 bits per heavy atom. The number of nitrogens with zero attached hydrogens (tertiary/aromatic N) is 1. The molecule has 0 amide bonds. The second-order valence-electron chi connectivity index (χ2n) is 4.56. The Kier molecular flexibility index (Phi) is 2.40. The number of para-hydroxylation sites is 1. The highest BCUT2D eigenvalue weighted by atomic mass is 35.5. The van der Waals surface area contributed by atoms with Crippen LogP contribution < -0.4 is 4.74 Å². The first-order valence-corrected chi connectivity index (χ1v) is 6.12. The second-order valence-corrected chi connectivity index (χ2v) is 4.96. The van der Waals surface area contributed by atoms with Gasteiger partial charge in [0.05, 0.1) is 5.02 Å². The van der Waals surface area contributed by atoms with Crippen molar-refractivity contribution in [1.82, 2.24) is 0 Å². The Bertz CT molecular complexity index is 444. The first-order valence-electron chi connectivity index (χ1n) is 5.74. The number of hydrogen-bond donors (Lipinski definition) is 0. The third-order valence-corrected chi connectivity index (χ3v) is 3.80. The third-order valence-electron chi connectivity index (χ3n) is 3.51. The van der Waals surface area contributed by atoms with Crippen LogP contribution in [0, 0.1) is 0 Å². The van der Waals surface area contributed by atoms with Crippen molar-refractivity contribution in [3.63, 3.8) is 0 Å². The lowest BCUT2D eigenvalue weighted by molar-refractivity contribution is 0.0447. The molecule has 1 aromatic carbocycles. The fraction of sp³-hybridized carbons (Fsp3) is 0.462. The average molecular weight is 236 g/mol. The predicted octanol–water partition coefficient (Wildman–Crippen LogP) is 3.27. The molecule has 1 unspecified atom stereocenters. The Morgan fingerprint density at radius 3 is 3.06 bits per heavy atom. The summed E-state index contributed by atoms with van der Waals surface area (Å²) in [5.41, 5.74) is 1.19. The summed E-state index contributed by atoms with van der Waals surface area (Å²) in [6.45, 7) is 0.875. The molecule has 0 aliphatic carbocycles. The van der Waals surface area contributed by atoms with Gasteiger partial charge in [0.2, 0.25) is 0 Å². The molecule has 2 nitrogen and oxygen atoms in total. The van der Waals surface area contributed by atoms with Crippen LogP contribution in [-0.4, -0.2) is 18.4 Å². The van der Waals surface area contributed by atoms with Crippen LogP contribution in [0.15, 0.2) is 23.2 Å². The fourth-order valence-electron chi connectivity index (χ4n) is 2.51. The molecule has 1 aromatic rings. The molecule has 0 N–H and O–H groups in total. The number of hydrogen-bond acceptors (Lipinski definition) is 2. The maximum atomic E-state index is 6.19. The molecule has 0 saturated carbocycles. The van der Waals surface area contributed by atoms with Gasteiger partial charge in [0.25, 0.3) is 0 Å². The molecule has 1 spiro atoms. The van der Waals surface area contributed by atoms with Crippen LogP contribution in [0.3, 0.4) is 0 Å². The molecular formula is C13H14ClNO. The van der Waals surface area contributed by atoms with Gasteiger partial charge in [-0.25, -0.2) is 0 Å². The van der Waals surface area contributed by atoms with Crippen molar-refractivity contribution in [3.05, 3.63) is 28.8 Å². The maximum Gasteiger partial charge on any atom is 0.141 e. The summed E-state index contributed by atoms with van der Waals surface area (Å²) in [5, 5.41) is 0.735. The van der Waals surface area contributed by atoms with Crippen LogP contribution in [0.5, 0.6) is 5.75 Å². The molecule has 16 heavy (non-hydrogen) atoms. The Morgan fingerprint density at radius 2 is 2.25 bits per heavy atom. The highest BCUT2D eigenvalue weighted by Gasteiger charge is 2.37. The van der Waals surface area contributed by atoms with E-state index in [9.17, 15) is 0 Å². The summed E-state index contributed by atoms with van der Waals surface area (Å²) in [6, 6.07) is 5.99. The van der Waals surface area contributed by atoms with Gasteiger partial charge in [-0.15, -0.1) is 0 Å². The first kappa shape index (κ1) is 10.2. The van der Waals surface area contributed by atoms with Crippen molar-refractivity contribution in [1.29, 1.82) is 0 Å². The van der Waals surface area contributed by atoms with E-state index in [-0.39, 0.29) is 5.60 Å². The van der Waals surface area contributed by atoms with Crippen LogP contribution in [0.2, 0.25) is 5.02 Å². The predicted molar refractivity (Wildman–Crippen MR) is 65.7 cm³/mol. The van der Waals surface area contributed by atoms with Gasteiger partial charge in [0.1, 0.15) is 11.4 Å². The van der Waals surface area contributed by atoms with E-state index in [1.165, 1.54) is 5.56 Å². The lowest BCUT2D eigenvalue weighted by atomic mass is 9.85. The summed E-state index contributed by atoms with van der Waals surface area (Å²) >= 11 is 6.19. The van der Waals surface area contributed by atoms with Crippen molar-refractivity contribution >= 4 is 17.8 Å². The molecule has 2 aliphatic heterocycles. The van der Waals surface area contributed by atoms with E-state index in [2.05, 4.69) is 11.1 Å². The van der Waals surface area contributed by atoms with Gasteiger partial charge < -0.3 is 4.74 Å². The normalized spacial score (nSPS) is 27.6. The van der Waals surface area contributed by atoms with Crippen LogP contribution in [0.25, 0.3) is 0 Å². The zero-order chi connectivity index (χ0) is 11.0. The van der Waals surface area contributed by atoms with E-state index in [1.807, 2.05) is 18.3 Å². The maximum absolute atomic E-state index is 6.19. The standard InChI is InChI=1S/C13H14ClNO/c14-11-3-1-2-10-4-5-13(16-12(10)11)6-8-15-9-7-13/h1-3,8H,4-7,9H2. The average Bonchev–Trinajstić information content (AvgIpc) is 2.32. The Labute approximate surface area is 100 Å². The molecule has 2 aliphatic rings. The number of halogens is 1. The zero-order valence-corrected chi connectivity index (χ0v) is 9.83. The van der Waals surface area contributed by atoms with Gasteiger partial charge in [-0.1, -0.05) is 23.7 Å². The summed E-state index contributed by atoms with van der Waals surface area (Å²) in [7, 11) is 0.